The van der Waals surface area contributed by atoms with E-state index in [2.05, 4.69) is 43.3 Å². The van der Waals surface area contributed by atoms with Crippen LogP contribution in [0.3, 0.4) is 0 Å². The summed E-state index contributed by atoms with van der Waals surface area (Å²) in [7, 11) is 1.88. The Hall–Kier alpha value is -2.09. The van der Waals surface area contributed by atoms with E-state index in [-0.39, 0.29) is 11.9 Å². The monoisotopic (exact) mass is 251 g/mol. The summed E-state index contributed by atoms with van der Waals surface area (Å²) in [4.78, 5) is 14.2. The van der Waals surface area contributed by atoms with E-state index in [0.29, 0.717) is 0 Å². The number of rotatable bonds is 1. The fraction of sp³-hybridized carbons (Fsp3) is 0.235. The first-order valence-electron chi connectivity index (χ1n) is 6.52. The number of carbonyl (C=O) groups is 1. The van der Waals surface area contributed by atoms with Crippen LogP contribution in [0.2, 0.25) is 0 Å². The van der Waals surface area contributed by atoms with Gasteiger partial charge in [-0.1, -0.05) is 47.5 Å². The van der Waals surface area contributed by atoms with Crippen LogP contribution in [0.25, 0.3) is 0 Å². The second-order valence-electron chi connectivity index (χ2n) is 5.32. The second kappa shape index (κ2) is 4.23. The second-order valence-corrected chi connectivity index (χ2v) is 5.32. The summed E-state index contributed by atoms with van der Waals surface area (Å²) in [5.74, 6) is 0.116. The predicted molar refractivity (Wildman–Crippen MR) is 76.3 cm³/mol. The zero-order valence-corrected chi connectivity index (χ0v) is 11.5. The van der Waals surface area contributed by atoms with Crippen molar-refractivity contribution < 1.29 is 4.79 Å². The maximum absolute atomic E-state index is 12.3. The standard InChI is InChI=1S/C17H17NO/c1-11-5-4-6-13(9-11)16-14-8-7-12(2)10-15(14)17(19)18(16)3/h4-10,16H,1-3H3. The van der Waals surface area contributed by atoms with Gasteiger partial charge in [-0.05, 0) is 31.0 Å². The Bertz CT molecular complexity index is 660. The highest BCUT2D eigenvalue weighted by Gasteiger charge is 2.34. The van der Waals surface area contributed by atoms with Gasteiger partial charge >= 0.3 is 0 Å². The first-order chi connectivity index (χ1) is 9.08. The highest BCUT2D eigenvalue weighted by molar-refractivity contribution is 5.99. The molecule has 19 heavy (non-hydrogen) atoms. The summed E-state index contributed by atoms with van der Waals surface area (Å²) in [5.41, 5.74) is 5.49. The van der Waals surface area contributed by atoms with Crippen molar-refractivity contribution in [3.63, 3.8) is 0 Å². The fourth-order valence-electron chi connectivity index (χ4n) is 2.85. The number of carbonyl (C=O) groups excluding carboxylic acids is 1. The lowest BCUT2D eigenvalue weighted by molar-refractivity contribution is 0.0793. The molecule has 1 amide bonds. The fourth-order valence-corrected chi connectivity index (χ4v) is 2.85. The minimum Gasteiger partial charge on any atom is -0.331 e. The Kier molecular flexibility index (Phi) is 2.67. The molecule has 1 aliphatic heterocycles. The number of hydrogen-bond donors (Lipinski definition) is 0. The molecule has 2 aromatic rings. The van der Waals surface area contributed by atoms with Crippen molar-refractivity contribution >= 4 is 5.91 Å². The Morgan fingerprint density at radius 2 is 1.74 bits per heavy atom. The first-order valence-corrected chi connectivity index (χ1v) is 6.52. The highest BCUT2D eigenvalue weighted by atomic mass is 16.2. The zero-order valence-electron chi connectivity index (χ0n) is 11.5. The van der Waals surface area contributed by atoms with Crippen LogP contribution in [0.4, 0.5) is 0 Å². The summed E-state index contributed by atoms with van der Waals surface area (Å²) in [6.45, 7) is 4.10. The SMILES string of the molecule is Cc1cccc(C2c3ccc(C)cc3C(=O)N2C)c1. The van der Waals surface area contributed by atoms with Crippen molar-refractivity contribution in [2.45, 2.75) is 19.9 Å². The molecule has 1 atom stereocenters. The molecule has 0 spiro atoms. The third kappa shape index (κ3) is 1.84. The molecule has 1 heterocycles. The van der Waals surface area contributed by atoms with Crippen LogP contribution < -0.4 is 0 Å². The summed E-state index contributed by atoms with van der Waals surface area (Å²) >= 11 is 0. The lowest BCUT2D eigenvalue weighted by Gasteiger charge is -2.21. The summed E-state index contributed by atoms with van der Waals surface area (Å²) in [6.07, 6.45) is 0. The van der Waals surface area contributed by atoms with Crippen LogP contribution in [0.15, 0.2) is 42.5 Å². The number of amides is 1. The van der Waals surface area contributed by atoms with Gasteiger partial charge in [-0.3, -0.25) is 4.79 Å². The van der Waals surface area contributed by atoms with E-state index in [9.17, 15) is 4.79 Å². The molecular weight excluding hydrogens is 234 g/mol. The quantitative estimate of drug-likeness (QED) is 0.760. The lowest BCUT2D eigenvalue weighted by Crippen LogP contribution is -2.23. The molecule has 3 rings (SSSR count). The molecule has 2 heteroatoms. The molecule has 0 saturated heterocycles. The molecule has 0 radical (unpaired) electrons. The average Bonchev–Trinajstić information content (AvgIpc) is 2.62. The molecule has 96 valence electrons. The molecular formula is C17H17NO. The normalized spacial score (nSPS) is 17.7. The van der Waals surface area contributed by atoms with Crippen molar-refractivity contribution in [1.82, 2.24) is 4.90 Å². The molecule has 2 nitrogen and oxygen atoms in total. The molecule has 0 N–H and O–H groups in total. The van der Waals surface area contributed by atoms with Crippen LogP contribution in [0.5, 0.6) is 0 Å². The van der Waals surface area contributed by atoms with E-state index in [1.54, 1.807) is 0 Å². The number of nitrogens with zero attached hydrogens (tertiary/aromatic N) is 1. The number of hydrogen-bond acceptors (Lipinski definition) is 1. The van der Waals surface area contributed by atoms with Gasteiger partial charge in [-0.2, -0.15) is 0 Å². The Morgan fingerprint density at radius 1 is 1.00 bits per heavy atom. The van der Waals surface area contributed by atoms with Crippen molar-refractivity contribution in [3.8, 4) is 0 Å². The van der Waals surface area contributed by atoms with Crippen molar-refractivity contribution in [2.75, 3.05) is 7.05 Å². The van der Waals surface area contributed by atoms with Crippen LogP contribution in [-0.4, -0.2) is 17.9 Å². The van der Waals surface area contributed by atoms with Gasteiger partial charge in [0.15, 0.2) is 0 Å². The van der Waals surface area contributed by atoms with Crippen LogP contribution >= 0.6 is 0 Å². The van der Waals surface area contributed by atoms with E-state index in [4.69, 9.17) is 0 Å². The van der Waals surface area contributed by atoms with Gasteiger partial charge in [0.05, 0.1) is 6.04 Å². The number of benzene rings is 2. The summed E-state index contributed by atoms with van der Waals surface area (Å²) < 4.78 is 0. The molecule has 0 aliphatic carbocycles. The maximum Gasteiger partial charge on any atom is 0.254 e. The van der Waals surface area contributed by atoms with Gasteiger partial charge in [-0.25, -0.2) is 0 Å². The lowest BCUT2D eigenvalue weighted by atomic mass is 9.96. The van der Waals surface area contributed by atoms with Crippen LogP contribution in [-0.2, 0) is 0 Å². The van der Waals surface area contributed by atoms with Gasteiger partial charge in [0.1, 0.15) is 0 Å². The number of aryl methyl sites for hydroxylation is 2. The molecule has 0 aromatic heterocycles. The molecule has 1 unspecified atom stereocenters. The van der Waals surface area contributed by atoms with Gasteiger partial charge in [0, 0.05) is 12.6 Å². The van der Waals surface area contributed by atoms with Gasteiger partial charge in [0.25, 0.3) is 5.91 Å². The summed E-state index contributed by atoms with van der Waals surface area (Å²) in [6, 6.07) is 14.6. The Labute approximate surface area is 113 Å². The topological polar surface area (TPSA) is 20.3 Å². The van der Waals surface area contributed by atoms with Crippen molar-refractivity contribution in [2.24, 2.45) is 0 Å². The van der Waals surface area contributed by atoms with Crippen molar-refractivity contribution in [3.05, 3.63) is 70.3 Å². The van der Waals surface area contributed by atoms with E-state index in [1.807, 2.05) is 24.9 Å². The van der Waals surface area contributed by atoms with E-state index < -0.39 is 0 Å². The smallest absolute Gasteiger partial charge is 0.254 e. The Morgan fingerprint density at radius 3 is 2.47 bits per heavy atom. The molecule has 0 bridgehead atoms. The largest absolute Gasteiger partial charge is 0.331 e. The molecule has 1 aliphatic rings. The molecule has 2 aromatic carbocycles. The average molecular weight is 251 g/mol. The van der Waals surface area contributed by atoms with Crippen molar-refractivity contribution in [1.29, 1.82) is 0 Å². The third-order valence-electron chi connectivity index (χ3n) is 3.80. The van der Waals surface area contributed by atoms with Gasteiger partial charge < -0.3 is 4.90 Å². The zero-order chi connectivity index (χ0) is 13.6. The maximum atomic E-state index is 12.3. The Balaban J connectivity index is 2.16. The summed E-state index contributed by atoms with van der Waals surface area (Å²) in [5, 5.41) is 0. The van der Waals surface area contributed by atoms with Crippen LogP contribution in [0, 0.1) is 13.8 Å². The van der Waals surface area contributed by atoms with Crippen LogP contribution in [0.1, 0.15) is 38.7 Å². The highest BCUT2D eigenvalue weighted by Crippen LogP contribution is 2.37. The number of fused-ring (bicyclic) bond motifs is 1. The third-order valence-corrected chi connectivity index (χ3v) is 3.80. The van der Waals surface area contributed by atoms with Gasteiger partial charge in [0.2, 0.25) is 0 Å². The minimum absolute atomic E-state index is 0.0444. The molecule has 0 fully saturated rings. The molecule has 0 saturated carbocycles. The van der Waals surface area contributed by atoms with E-state index in [1.165, 1.54) is 11.1 Å². The minimum atomic E-state index is 0.0444. The van der Waals surface area contributed by atoms with Gasteiger partial charge in [-0.15, -0.1) is 0 Å². The van der Waals surface area contributed by atoms with E-state index in [0.717, 1.165) is 16.7 Å². The van der Waals surface area contributed by atoms with E-state index >= 15 is 0 Å². The predicted octanol–water partition coefficient (Wildman–Crippen LogP) is 3.48. The first kappa shape index (κ1) is 12.0.